The highest BCUT2D eigenvalue weighted by Gasteiger charge is 2.37. The molecule has 3 heteroatoms. The molecule has 0 radical (unpaired) electrons. The third-order valence-corrected chi connectivity index (χ3v) is 3.81. The van der Waals surface area contributed by atoms with Crippen molar-refractivity contribution >= 4 is 0 Å². The number of aryl methyl sites for hydroxylation is 1. The van der Waals surface area contributed by atoms with Gasteiger partial charge in [-0.1, -0.05) is 24.3 Å². The first-order chi connectivity index (χ1) is 8.84. The largest absolute Gasteiger partial charge is 0.468 e. The first-order valence-electron chi connectivity index (χ1n) is 6.31. The van der Waals surface area contributed by atoms with Gasteiger partial charge in [0.2, 0.25) is 0 Å². The Kier molecular flexibility index (Phi) is 2.94. The summed E-state index contributed by atoms with van der Waals surface area (Å²) in [5.74, 6) is 0.896. The van der Waals surface area contributed by atoms with Gasteiger partial charge in [-0.05, 0) is 36.1 Å². The molecule has 0 spiro atoms. The molecule has 1 aliphatic carbocycles. The number of hydrogen-bond donors (Lipinski definition) is 2. The Balaban J connectivity index is 1.83. The van der Waals surface area contributed by atoms with Crippen LogP contribution in [0.25, 0.3) is 0 Å². The maximum Gasteiger partial charge on any atom is 0.117 e. The highest BCUT2D eigenvalue weighted by Crippen LogP contribution is 2.36. The van der Waals surface area contributed by atoms with E-state index in [-0.39, 0.29) is 12.1 Å². The molecule has 0 amide bonds. The van der Waals surface area contributed by atoms with Crippen molar-refractivity contribution in [1.29, 1.82) is 0 Å². The molecule has 2 aromatic rings. The highest BCUT2D eigenvalue weighted by atomic mass is 16.3. The molecule has 0 aliphatic heterocycles. The van der Waals surface area contributed by atoms with E-state index in [0.29, 0.717) is 6.54 Å². The van der Waals surface area contributed by atoms with Crippen LogP contribution in [0.1, 0.15) is 23.3 Å². The van der Waals surface area contributed by atoms with E-state index < -0.39 is 0 Å². The molecule has 0 saturated heterocycles. The molecule has 1 heterocycles. The van der Waals surface area contributed by atoms with Crippen molar-refractivity contribution in [2.75, 3.05) is 6.61 Å². The molecule has 1 aromatic heterocycles. The Morgan fingerprint density at radius 1 is 1.22 bits per heavy atom. The fourth-order valence-corrected chi connectivity index (χ4v) is 2.76. The van der Waals surface area contributed by atoms with E-state index in [4.69, 9.17) is 4.42 Å². The van der Waals surface area contributed by atoms with E-state index >= 15 is 0 Å². The van der Waals surface area contributed by atoms with Crippen molar-refractivity contribution in [3.05, 3.63) is 59.5 Å². The lowest BCUT2D eigenvalue weighted by molar-refractivity contribution is 0.156. The Morgan fingerprint density at radius 2 is 2.11 bits per heavy atom. The average molecular weight is 243 g/mol. The van der Waals surface area contributed by atoms with Gasteiger partial charge in [0.1, 0.15) is 5.76 Å². The molecule has 0 fully saturated rings. The van der Waals surface area contributed by atoms with Crippen LogP contribution in [0.4, 0.5) is 0 Å². The number of fused-ring (bicyclic) bond motifs is 1. The summed E-state index contributed by atoms with van der Waals surface area (Å²) in [6.45, 7) is 0.757. The summed E-state index contributed by atoms with van der Waals surface area (Å²) in [6.07, 6.45) is 3.62. The zero-order chi connectivity index (χ0) is 12.4. The first-order valence-corrected chi connectivity index (χ1v) is 6.31. The zero-order valence-electron chi connectivity index (χ0n) is 10.2. The molecule has 94 valence electrons. The number of hydrogen-bond acceptors (Lipinski definition) is 3. The Morgan fingerprint density at radius 3 is 2.89 bits per heavy atom. The van der Waals surface area contributed by atoms with Crippen LogP contribution >= 0.6 is 0 Å². The molecule has 1 aliphatic rings. The smallest absolute Gasteiger partial charge is 0.117 e. The molecule has 0 bridgehead atoms. The number of benzene rings is 1. The third kappa shape index (κ3) is 1.85. The van der Waals surface area contributed by atoms with Crippen LogP contribution in [0.3, 0.4) is 0 Å². The van der Waals surface area contributed by atoms with Crippen molar-refractivity contribution in [3.8, 4) is 0 Å². The van der Waals surface area contributed by atoms with Gasteiger partial charge in [0, 0.05) is 0 Å². The molecule has 1 atom stereocenters. The number of nitrogens with one attached hydrogen (secondary N) is 1. The molecule has 3 rings (SSSR count). The molecule has 1 aromatic carbocycles. The van der Waals surface area contributed by atoms with E-state index in [1.54, 1.807) is 6.26 Å². The van der Waals surface area contributed by atoms with E-state index in [1.807, 2.05) is 18.2 Å². The van der Waals surface area contributed by atoms with Crippen molar-refractivity contribution in [1.82, 2.24) is 5.32 Å². The second kappa shape index (κ2) is 4.59. The molecular formula is C15H17NO2. The van der Waals surface area contributed by atoms with Crippen molar-refractivity contribution in [2.45, 2.75) is 24.9 Å². The van der Waals surface area contributed by atoms with Crippen molar-refractivity contribution in [3.63, 3.8) is 0 Å². The molecule has 3 nitrogen and oxygen atoms in total. The summed E-state index contributed by atoms with van der Waals surface area (Å²) < 4.78 is 5.33. The standard InChI is InChI=1S/C15H17NO2/c17-11-15(16-10-13-5-3-9-18-13)8-7-12-4-1-2-6-14(12)15/h1-6,9,16-17H,7-8,10-11H2. The summed E-state index contributed by atoms with van der Waals surface area (Å²) in [7, 11) is 0. The first kappa shape index (κ1) is 11.5. The van der Waals surface area contributed by atoms with Crippen LogP contribution in [-0.2, 0) is 18.5 Å². The Bertz CT molecular complexity index is 521. The van der Waals surface area contributed by atoms with Crippen LogP contribution in [-0.4, -0.2) is 11.7 Å². The lowest BCUT2D eigenvalue weighted by Crippen LogP contribution is -2.43. The Hall–Kier alpha value is -1.58. The van der Waals surface area contributed by atoms with E-state index in [0.717, 1.165) is 18.6 Å². The second-order valence-electron chi connectivity index (χ2n) is 4.83. The molecule has 0 saturated carbocycles. The maximum absolute atomic E-state index is 9.80. The lowest BCUT2D eigenvalue weighted by atomic mass is 9.92. The minimum Gasteiger partial charge on any atom is -0.468 e. The minimum absolute atomic E-state index is 0.116. The predicted molar refractivity (Wildman–Crippen MR) is 69.1 cm³/mol. The minimum atomic E-state index is -0.316. The summed E-state index contributed by atoms with van der Waals surface area (Å²) >= 11 is 0. The summed E-state index contributed by atoms with van der Waals surface area (Å²) in [5.41, 5.74) is 2.24. The number of furan rings is 1. The summed E-state index contributed by atoms with van der Waals surface area (Å²) in [4.78, 5) is 0. The number of aliphatic hydroxyl groups is 1. The van der Waals surface area contributed by atoms with Gasteiger partial charge >= 0.3 is 0 Å². The molecule has 2 N–H and O–H groups in total. The van der Waals surface area contributed by atoms with Crippen LogP contribution in [0.2, 0.25) is 0 Å². The maximum atomic E-state index is 9.80. The lowest BCUT2D eigenvalue weighted by Gasteiger charge is -2.29. The quantitative estimate of drug-likeness (QED) is 0.865. The van der Waals surface area contributed by atoms with Gasteiger partial charge in [-0.2, -0.15) is 0 Å². The van der Waals surface area contributed by atoms with Gasteiger partial charge in [0.05, 0.1) is 25.0 Å². The van der Waals surface area contributed by atoms with Crippen LogP contribution in [0.5, 0.6) is 0 Å². The number of aliphatic hydroxyl groups excluding tert-OH is 1. The van der Waals surface area contributed by atoms with Gasteiger partial charge < -0.3 is 9.52 Å². The second-order valence-corrected chi connectivity index (χ2v) is 4.83. The topological polar surface area (TPSA) is 45.4 Å². The van der Waals surface area contributed by atoms with Crippen molar-refractivity contribution < 1.29 is 9.52 Å². The van der Waals surface area contributed by atoms with Crippen LogP contribution in [0.15, 0.2) is 47.1 Å². The normalized spacial score (nSPS) is 22.1. The van der Waals surface area contributed by atoms with Crippen LogP contribution in [0, 0.1) is 0 Å². The fourth-order valence-electron chi connectivity index (χ4n) is 2.76. The summed E-state index contributed by atoms with van der Waals surface area (Å²) in [5, 5.41) is 13.3. The predicted octanol–water partition coefficient (Wildman–Crippen LogP) is 2.20. The highest BCUT2D eigenvalue weighted by molar-refractivity contribution is 5.38. The third-order valence-electron chi connectivity index (χ3n) is 3.81. The van der Waals surface area contributed by atoms with E-state index in [9.17, 15) is 5.11 Å². The van der Waals surface area contributed by atoms with Gasteiger partial charge in [0.25, 0.3) is 0 Å². The average Bonchev–Trinajstić information content (AvgIpc) is 3.05. The van der Waals surface area contributed by atoms with Crippen LogP contribution < -0.4 is 5.32 Å². The SMILES string of the molecule is OCC1(NCc2ccco2)CCc2ccccc21. The van der Waals surface area contributed by atoms with Gasteiger partial charge in [-0.3, -0.25) is 5.32 Å². The molecular weight excluding hydrogens is 226 g/mol. The molecule has 18 heavy (non-hydrogen) atoms. The monoisotopic (exact) mass is 243 g/mol. The molecule has 1 unspecified atom stereocenters. The van der Waals surface area contributed by atoms with Gasteiger partial charge in [-0.15, -0.1) is 0 Å². The Labute approximate surface area is 106 Å². The van der Waals surface area contributed by atoms with E-state index in [2.05, 4.69) is 23.5 Å². The van der Waals surface area contributed by atoms with Crippen molar-refractivity contribution in [2.24, 2.45) is 0 Å². The zero-order valence-corrected chi connectivity index (χ0v) is 10.2. The van der Waals surface area contributed by atoms with Gasteiger partial charge in [-0.25, -0.2) is 0 Å². The van der Waals surface area contributed by atoms with E-state index in [1.165, 1.54) is 11.1 Å². The van der Waals surface area contributed by atoms with Gasteiger partial charge in [0.15, 0.2) is 0 Å². The number of rotatable bonds is 4. The fraction of sp³-hybridized carbons (Fsp3) is 0.333. The summed E-state index contributed by atoms with van der Waals surface area (Å²) in [6, 6.07) is 12.2.